The smallest absolute Gasteiger partial charge is 0.393 e. The predicted octanol–water partition coefficient (Wildman–Crippen LogP) is 2.82. The minimum Gasteiger partial charge on any atom is -0.507 e. The minimum atomic E-state index is -4.30. The summed E-state index contributed by atoms with van der Waals surface area (Å²) >= 11 is 0. The molecule has 0 bridgehead atoms. The lowest BCUT2D eigenvalue weighted by atomic mass is 9.97. The largest absolute Gasteiger partial charge is 0.507 e. The van der Waals surface area contributed by atoms with Crippen LogP contribution in [-0.2, 0) is 0 Å². The molecule has 1 heterocycles. The molecule has 0 aromatic heterocycles. The summed E-state index contributed by atoms with van der Waals surface area (Å²) in [6, 6.07) is 4.10. The summed E-state index contributed by atoms with van der Waals surface area (Å²) in [5, 5.41) is 9.80. The third kappa shape index (κ3) is 3.40. The molecule has 1 unspecified atom stereocenters. The Hall–Kier alpha value is -1.92. The standard InChI is InChI=1S/C14H16F3NO3/c1-21-10-4-5-11(12(19)7-10)13(20)18-6-2-3-9(8-18)14(15,16)17/h4-5,7,9,19H,2-3,6,8H2,1H3. The number of halogens is 3. The second-order valence-corrected chi connectivity index (χ2v) is 5.02. The number of likely N-dealkylation sites (tertiary alicyclic amines) is 1. The summed E-state index contributed by atoms with van der Waals surface area (Å²) in [5.74, 6) is -2.02. The zero-order valence-electron chi connectivity index (χ0n) is 11.5. The van der Waals surface area contributed by atoms with E-state index in [9.17, 15) is 23.1 Å². The monoisotopic (exact) mass is 303 g/mol. The molecular formula is C14H16F3NO3. The highest BCUT2D eigenvalue weighted by molar-refractivity contribution is 5.97. The van der Waals surface area contributed by atoms with Gasteiger partial charge in [-0.25, -0.2) is 0 Å². The van der Waals surface area contributed by atoms with Gasteiger partial charge in [0, 0.05) is 19.2 Å². The first-order chi connectivity index (χ1) is 9.82. The van der Waals surface area contributed by atoms with E-state index in [1.807, 2.05) is 0 Å². The van der Waals surface area contributed by atoms with Crippen LogP contribution < -0.4 is 4.74 Å². The van der Waals surface area contributed by atoms with Crippen molar-refractivity contribution in [1.29, 1.82) is 0 Å². The molecule has 1 aliphatic rings. The molecule has 21 heavy (non-hydrogen) atoms. The second kappa shape index (κ2) is 5.83. The number of piperidine rings is 1. The van der Waals surface area contributed by atoms with Gasteiger partial charge in [0.2, 0.25) is 0 Å². The Kier molecular flexibility index (Phi) is 4.29. The number of amides is 1. The lowest BCUT2D eigenvalue weighted by Crippen LogP contribution is -2.44. The summed E-state index contributed by atoms with van der Waals surface area (Å²) in [4.78, 5) is 13.4. The van der Waals surface area contributed by atoms with Crippen molar-refractivity contribution in [1.82, 2.24) is 4.90 Å². The molecule has 1 N–H and O–H groups in total. The molecule has 116 valence electrons. The van der Waals surface area contributed by atoms with Crippen molar-refractivity contribution in [3.05, 3.63) is 23.8 Å². The number of hydrogen-bond acceptors (Lipinski definition) is 3. The van der Waals surface area contributed by atoms with Crippen LogP contribution in [0.25, 0.3) is 0 Å². The number of ether oxygens (including phenoxy) is 1. The van der Waals surface area contributed by atoms with E-state index in [0.717, 1.165) is 4.90 Å². The first kappa shape index (κ1) is 15.5. The van der Waals surface area contributed by atoms with Crippen molar-refractivity contribution < 1.29 is 27.8 Å². The average Bonchev–Trinajstić information content (AvgIpc) is 2.45. The van der Waals surface area contributed by atoms with Gasteiger partial charge < -0.3 is 14.7 Å². The van der Waals surface area contributed by atoms with E-state index in [-0.39, 0.29) is 30.8 Å². The maximum Gasteiger partial charge on any atom is 0.393 e. The third-order valence-electron chi connectivity index (χ3n) is 3.61. The van der Waals surface area contributed by atoms with Gasteiger partial charge in [0.05, 0.1) is 18.6 Å². The van der Waals surface area contributed by atoms with Gasteiger partial charge in [0.25, 0.3) is 5.91 Å². The highest BCUT2D eigenvalue weighted by Crippen LogP contribution is 2.34. The second-order valence-electron chi connectivity index (χ2n) is 5.02. The number of nitrogens with zero attached hydrogens (tertiary/aromatic N) is 1. The Labute approximate surface area is 120 Å². The van der Waals surface area contributed by atoms with Crippen molar-refractivity contribution >= 4 is 5.91 Å². The first-order valence-corrected chi connectivity index (χ1v) is 6.56. The molecule has 7 heteroatoms. The van der Waals surface area contributed by atoms with Gasteiger partial charge in [0.15, 0.2) is 0 Å². The number of phenolic OH excluding ortho intramolecular Hbond substituents is 1. The van der Waals surface area contributed by atoms with Crippen LogP contribution in [0.3, 0.4) is 0 Å². The number of phenols is 1. The lowest BCUT2D eigenvalue weighted by Gasteiger charge is -2.33. The fourth-order valence-electron chi connectivity index (χ4n) is 2.42. The van der Waals surface area contributed by atoms with E-state index in [1.165, 1.54) is 25.3 Å². The summed E-state index contributed by atoms with van der Waals surface area (Å²) in [6.07, 6.45) is -3.98. The van der Waals surface area contributed by atoms with E-state index in [0.29, 0.717) is 12.2 Å². The van der Waals surface area contributed by atoms with Crippen molar-refractivity contribution in [2.75, 3.05) is 20.2 Å². The maximum atomic E-state index is 12.8. The molecule has 0 saturated carbocycles. The highest BCUT2D eigenvalue weighted by atomic mass is 19.4. The Morgan fingerprint density at radius 2 is 2.14 bits per heavy atom. The van der Waals surface area contributed by atoms with E-state index in [2.05, 4.69) is 0 Å². The van der Waals surface area contributed by atoms with Gasteiger partial charge >= 0.3 is 6.18 Å². The van der Waals surface area contributed by atoms with Gasteiger partial charge in [-0.2, -0.15) is 13.2 Å². The average molecular weight is 303 g/mol. The molecule has 1 aromatic carbocycles. The van der Waals surface area contributed by atoms with Crippen LogP contribution in [0.1, 0.15) is 23.2 Å². The molecule has 1 amide bonds. The number of carbonyl (C=O) groups excluding carboxylic acids is 1. The van der Waals surface area contributed by atoms with Crippen LogP contribution in [0.15, 0.2) is 18.2 Å². The van der Waals surface area contributed by atoms with Crippen molar-refractivity contribution in [2.45, 2.75) is 19.0 Å². The number of alkyl halides is 3. The number of carbonyl (C=O) groups is 1. The molecule has 1 atom stereocenters. The van der Waals surface area contributed by atoms with Gasteiger partial charge in [-0.05, 0) is 25.0 Å². The molecule has 1 aromatic rings. The zero-order chi connectivity index (χ0) is 15.6. The lowest BCUT2D eigenvalue weighted by molar-refractivity contribution is -0.184. The molecule has 1 fully saturated rings. The Morgan fingerprint density at radius 1 is 1.43 bits per heavy atom. The number of hydrogen-bond donors (Lipinski definition) is 1. The molecule has 0 radical (unpaired) electrons. The van der Waals surface area contributed by atoms with Gasteiger partial charge in [0.1, 0.15) is 11.5 Å². The third-order valence-corrected chi connectivity index (χ3v) is 3.61. The van der Waals surface area contributed by atoms with Crippen molar-refractivity contribution in [3.8, 4) is 11.5 Å². The van der Waals surface area contributed by atoms with Crippen LogP contribution in [0, 0.1) is 5.92 Å². The summed E-state index contributed by atoms with van der Waals surface area (Å²) in [5.41, 5.74) is -0.0152. The molecule has 2 rings (SSSR count). The quantitative estimate of drug-likeness (QED) is 0.914. The van der Waals surface area contributed by atoms with Crippen LogP contribution in [-0.4, -0.2) is 42.3 Å². The minimum absolute atomic E-state index is 0.0152. The van der Waals surface area contributed by atoms with Crippen LogP contribution in [0.4, 0.5) is 13.2 Å². The zero-order valence-corrected chi connectivity index (χ0v) is 11.5. The van der Waals surface area contributed by atoms with Gasteiger partial charge in [-0.3, -0.25) is 4.79 Å². The van der Waals surface area contributed by atoms with Crippen molar-refractivity contribution in [2.24, 2.45) is 5.92 Å². The molecule has 1 saturated heterocycles. The number of benzene rings is 1. The number of aromatic hydroxyl groups is 1. The van der Waals surface area contributed by atoms with Crippen LogP contribution in [0.2, 0.25) is 0 Å². The number of rotatable bonds is 2. The molecule has 4 nitrogen and oxygen atoms in total. The molecule has 0 aliphatic carbocycles. The topological polar surface area (TPSA) is 49.8 Å². The van der Waals surface area contributed by atoms with Crippen LogP contribution >= 0.6 is 0 Å². The Balaban J connectivity index is 2.16. The SMILES string of the molecule is COc1ccc(C(=O)N2CCCC(C(F)(F)F)C2)c(O)c1. The van der Waals surface area contributed by atoms with Crippen molar-refractivity contribution in [3.63, 3.8) is 0 Å². The summed E-state index contributed by atoms with van der Waals surface area (Å²) in [7, 11) is 1.41. The summed E-state index contributed by atoms with van der Waals surface area (Å²) < 4.78 is 43.2. The Bertz CT molecular complexity index is 531. The van der Waals surface area contributed by atoms with E-state index in [4.69, 9.17) is 4.74 Å². The highest BCUT2D eigenvalue weighted by Gasteiger charge is 2.42. The Morgan fingerprint density at radius 3 is 2.71 bits per heavy atom. The fourth-order valence-corrected chi connectivity index (χ4v) is 2.42. The predicted molar refractivity (Wildman–Crippen MR) is 69.3 cm³/mol. The van der Waals surface area contributed by atoms with E-state index >= 15 is 0 Å². The van der Waals surface area contributed by atoms with Gasteiger partial charge in [-0.1, -0.05) is 0 Å². The molecule has 0 spiro atoms. The maximum absolute atomic E-state index is 12.8. The van der Waals surface area contributed by atoms with E-state index < -0.39 is 18.0 Å². The molecular weight excluding hydrogens is 287 g/mol. The van der Waals surface area contributed by atoms with Gasteiger partial charge in [-0.15, -0.1) is 0 Å². The summed E-state index contributed by atoms with van der Waals surface area (Å²) in [6.45, 7) is -0.106. The first-order valence-electron chi connectivity index (χ1n) is 6.56. The fraction of sp³-hybridized carbons (Fsp3) is 0.500. The van der Waals surface area contributed by atoms with Crippen LogP contribution in [0.5, 0.6) is 11.5 Å². The normalized spacial score (nSPS) is 19.4. The molecule has 1 aliphatic heterocycles. The van der Waals surface area contributed by atoms with E-state index in [1.54, 1.807) is 0 Å². The number of methoxy groups -OCH3 is 1.